The molecule has 0 aromatic carbocycles. The van der Waals surface area contributed by atoms with Crippen molar-refractivity contribution in [3.8, 4) is 6.07 Å². The van der Waals surface area contributed by atoms with Crippen molar-refractivity contribution in [2.45, 2.75) is 53.0 Å². The smallest absolute Gasteiger partial charge is 0.167 e. The van der Waals surface area contributed by atoms with Crippen molar-refractivity contribution in [3.05, 3.63) is 16.8 Å². The first kappa shape index (κ1) is 13.8. The lowest BCUT2D eigenvalue weighted by atomic mass is 9.93. The largest absolute Gasteiger partial charge is 0.364 e. The molecular formula is C15H22N4. The predicted octanol–water partition coefficient (Wildman–Crippen LogP) is 3.20. The van der Waals surface area contributed by atoms with Gasteiger partial charge in [0.15, 0.2) is 5.82 Å². The molecule has 1 heterocycles. The molecule has 1 N–H and O–H groups in total. The van der Waals surface area contributed by atoms with E-state index >= 15 is 0 Å². The van der Waals surface area contributed by atoms with Crippen LogP contribution in [-0.2, 0) is 0 Å². The maximum Gasteiger partial charge on any atom is 0.167 e. The van der Waals surface area contributed by atoms with E-state index in [1.54, 1.807) is 0 Å². The molecule has 102 valence electrons. The first-order valence-corrected chi connectivity index (χ1v) is 7.09. The molecule has 0 aliphatic heterocycles. The van der Waals surface area contributed by atoms with E-state index < -0.39 is 0 Å². The van der Waals surface area contributed by atoms with Gasteiger partial charge in [-0.25, -0.2) is 0 Å². The molecule has 19 heavy (non-hydrogen) atoms. The highest BCUT2D eigenvalue weighted by Crippen LogP contribution is 2.35. The number of nitriles is 1. The number of anilines is 1. The Kier molecular flexibility index (Phi) is 4.04. The molecule has 0 spiro atoms. The fraction of sp³-hybridized carbons (Fsp3) is 0.667. The molecule has 0 radical (unpaired) electrons. The maximum atomic E-state index is 9.30. The fourth-order valence-corrected chi connectivity index (χ4v) is 3.05. The van der Waals surface area contributed by atoms with Crippen molar-refractivity contribution in [2.24, 2.45) is 11.8 Å². The zero-order chi connectivity index (χ0) is 14.0. The minimum absolute atomic E-state index is 0.411. The molecule has 0 bridgehead atoms. The molecule has 1 aliphatic carbocycles. The number of aromatic nitrogens is 2. The maximum absolute atomic E-state index is 9.30. The Hall–Kier alpha value is -1.63. The first-order valence-electron chi connectivity index (χ1n) is 7.09. The molecule has 4 heteroatoms. The van der Waals surface area contributed by atoms with Crippen molar-refractivity contribution >= 4 is 5.82 Å². The average Bonchev–Trinajstić information content (AvgIpc) is 2.75. The number of hydrogen-bond donors (Lipinski definition) is 1. The fourth-order valence-electron chi connectivity index (χ4n) is 3.05. The van der Waals surface area contributed by atoms with Gasteiger partial charge in [0, 0.05) is 6.04 Å². The Morgan fingerprint density at radius 3 is 2.63 bits per heavy atom. The van der Waals surface area contributed by atoms with Crippen LogP contribution in [-0.4, -0.2) is 16.2 Å². The third kappa shape index (κ3) is 2.56. The number of rotatable bonds is 3. The van der Waals surface area contributed by atoms with Gasteiger partial charge in [-0.2, -0.15) is 10.4 Å². The van der Waals surface area contributed by atoms with Gasteiger partial charge in [-0.05, 0) is 44.1 Å². The van der Waals surface area contributed by atoms with E-state index in [1.165, 1.54) is 12.8 Å². The number of hydrogen-bond acceptors (Lipinski definition) is 4. The first-order chi connectivity index (χ1) is 9.08. The molecule has 0 saturated heterocycles. The summed E-state index contributed by atoms with van der Waals surface area (Å²) in [6.07, 6.45) is 3.64. The summed E-state index contributed by atoms with van der Waals surface area (Å²) in [5.41, 5.74) is 2.39. The van der Waals surface area contributed by atoms with E-state index in [2.05, 4.69) is 35.4 Å². The van der Waals surface area contributed by atoms with E-state index in [4.69, 9.17) is 0 Å². The van der Waals surface area contributed by atoms with Crippen molar-refractivity contribution in [2.75, 3.05) is 5.32 Å². The van der Waals surface area contributed by atoms with E-state index in [-0.39, 0.29) is 0 Å². The van der Waals surface area contributed by atoms with Crippen LogP contribution in [0.4, 0.5) is 5.82 Å². The van der Waals surface area contributed by atoms with Gasteiger partial charge in [-0.3, -0.25) is 0 Å². The highest BCUT2D eigenvalue weighted by molar-refractivity contribution is 5.56. The molecule has 1 saturated carbocycles. The van der Waals surface area contributed by atoms with E-state index in [0.29, 0.717) is 23.3 Å². The van der Waals surface area contributed by atoms with Gasteiger partial charge in [0.1, 0.15) is 11.6 Å². The monoisotopic (exact) mass is 258 g/mol. The second-order valence-corrected chi connectivity index (χ2v) is 5.60. The van der Waals surface area contributed by atoms with Crippen molar-refractivity contribution in [1.29, 1.82) is 5.26 Å². The van der Waals surface area contributed by atoms with Crippen LogP contribution in [0.1, 0.15) is 49.9 Å². The summed E-state index contributed by atoms with van der Waals surface area (Å²) in [7, 11) is 0. The summed E-state index contributed by atoms with van der Waals surface area (Å²) >= 11 is 0. The Labute approximate surface area is 115 Å². The van der Waals surface area contributed by atoms with Gasteiger partial charge in [-0.1, -0.05) is 20.3 Å². The molecule has 3 unspecified atom stereocenters. The Morgan fingerprint density at radius 1 is 1.32 bits per heavy atom. The van der Waals surface area contributed by atoms with Gasteiger partial charge in [0.25, 0.3) is 0 Å². The van der Waals surface area contributed by atoms with Crippen LogP contribution >= 0.6 is 0 Å². The second-order valence-electron chi connectivity index (χ2n) is 5.60. The summed E-state index contributed by atoms with van der Waals surface area (Å²) in [5, 5.41) is 21.1. The Bertz CT molecular complexity index is 504. The summed E-state index contributed by atoms with van der Waals surface area (Å²) in [6.45, 7) is 8.36. The molecular weight excluding hydrogens is 236 g/mol. The number of nitrogens with one attached hydrogen (secondary N) is 1. The van der Waals surface area contributed by atoms with Gasteiger partial charge < -0.3 is 5.32 Å². The molecule has 3 atom stereocenters. The second kappa shape index (κ2) is 5.56. The van der Waals surface area contributed by atoms with E-state index in [9.17, 15) is 5.26 Å². The van der Waals surface area contributed by atoms with Crippen LogP contribution in [0.5, 0.6) is 0 Å². The minimum atomic E-state index is 0.411. The molecule has 1 aliphatic rings. The minimum Gasteiger partial charge on any atom is -0.364 e. The molecule has 1 aromatic rings. The highest BCUT2D eigenvalue weighted by atomic mass is 15.2. The SMILES string of the molecule is CCC1CCC(Nc2nnc(C)c(C)c2C#N)C1C. The standard InChI is InChI=1S/C15H22N4/c1-5-12-6-7-14(10(12)3)17-15-13(8-16)9(2)11(4)18-19-15/h10,12,14H,5-7H2,1-4H3,(H,17,19). The van der Waals surface area contributed by atoms with E-state index in [1.807, 2.05) is 13.8 Å². The van der Waals surface area contributed by atoms with Gasteiger partial charge >= 0.3 is 0 Å². The number of nitrogens with zero attached hydrogens (tertiary/aromatic N) is 3. The lowest BCUT2D eigenvalue weighted by Crippen LogP contribution is -2.26. The van der Waals surface area contributed by atoms with Crippen LogP contribution in [0.25, 0.3) is 0 Å². The normalized spacial score (nSPS) is 26.2. The topological polar surface area (TPSA) is 61.6 Å². The van der Waals surface area contributed by atoms with Gasteiger partial charge in [-0.15, -0.1) is 5.10 Å². The summed E-state index contributed by atoms with van der Waals surface area (Å²) in [5.74, 6) is 2.06. The molecule has 2 rings (SSSR count). The number of aryl methyl sites for hydroxylation is 1. The van der Waals surface area contributed by atoms with Crippen LogP contribution in [0, 0.1) is 37.0 Å². The molecule has 1 aromatic heterocycles. The van der Waals surface area contributed by atoms with Gasteiger partial charge in [0.05, 0.1) is 5.69 Å². The summed E-state index contributed by atoms with van der Waals surface area (Å²) in [4.78, 5) is 0. The van der Waals surface area contributed by atoms with Crippen LogP contribution in [0.3, 0.4) is 0 Å². The summed E-state index contributed by atoms with van der Waals surface area (Å²) in [6, 6.07) is 2.66. The molecule has 4 nitrogen and oxygen atoms in total. The van der Waals surface area contributed by atoms with Crippen molar-refractivity contribution in [3.63, 3.8) is 0 Å². The highest BCUT2D eigenvalue weighted by Gasteiger charge is 2.32. The van der Waals surface area contributed by atoms with Crippen LogP contribution in [0.15, 0.2) is 0 Å². The molecule has 1 fully saturated rings. The third-order valence-electron chi connectivity index (χ3n) is 4.64. The molecule has 0 amide bonds. The van der Waals surface area contributed by atoms with Crippen molar-refractivity contribution < 1.29 is 0 Å². The lowest BCUT2D eigenvalue weighted by molar-refractivity contribution is 0.391. The summed E-state index contributed by atoms with van der Waals surface area (Å²) < 4.78 is 0. The Balaban J connectivity index is 2.21. The van der Waals surface area contributed by atoms with Crippen molar-refractivity contribution in [1.82, 2.24) is 10.2 Å². The van der Waals surface area contributed by atoms with Crippen LogP contribution < -0.4 is 5.32 Å². The zero-order valence-corrected chi connectivity index (χ0v) is 12.2. The quantitative estimate of drug-likeness (QED) is 0.904. The zero-order valence-electron chi connectivity index (χ0n) is 12.2. The van der Waals surface area contributed by atoms with E-state index in [0.717, 1.165) is 23.6 Å². The third-order valence-corrected chi connectivity index (χ3v) is 4.64. The average molecular weight is 258 g/mol. The lowest BCUT2D eigenvalue weighted by Gasteiger charge is -2.22. The van der Waals surface area contributed by atoms with Crippen LogP contribution in [0.2, 0.25) is 0 Å². The predicted molar refractivity (Wildman–Crippen MR) is 75.8 cm³/mol. The Morgan fingerprint density at radius 2 is 2.05 bits per heavy atom. The van der Waals surface area contributed by atoms with Gasteiger partial charge in [0.2, 0.25) is 0 Å².